The Morgan fingerprint density at radius 2 is 1.93 bits per heavy atom. The Labute approximate surface area is 162 Å². The molecule has 0 saturated heterocycles. The standard InChI is InChI=1S/C20H24N2O4S/c1-13-18(27-19(21-13)15-5-3-4-6-15)20(25)22(2)11-14-7-9-16(10-8-14)26-12-17(23)24/h7-10,15H,3-6,11-12H2,1-2H3,(H,23,24). The number of aliphatic carboxylic acids is 1. The van der Waals surface area contributed by atoms with Crippen LogP contribution in [0.25, 0.3) is 0 Å². The van der Waals surface area contributed by atoms with E-state index < -0.39 is 5.97 Å². The van der Waals surface area contributed by atoms with Crippen molar-refractivity contribution in [2.24, 2.45) is 0 Å². The molecule has 2 aromatic rings. The summed E-state index contributed by atoms with van der Waals surface area (Å²) in [5.41, 5.74) is 1.77. The van der Waals surface area contributed by atoms with Crippen LogP contribution in [0, 0.1) is 6.92 Å². The van der Waals surface area contributed by atoms with E-state index in [0.717, 1.165) is 21.1 Å². The fraction of sp³-hybridized carbons (Fsp3) is 0.450. The lowest BCUT2D eigenvalue weighted by atomic mass is 10.1. The molecule has 1 amide bonds. The van der Waals surface area contributed by atoms with Crippen LogP contribution >= 0.6 is 11.3 Å². The second-order valence-electron chi connectivity index (χ2n) is 6.94. The van der Waals surface area contributed by atoms with Crippen LogP contribution < -0.4 is 4.74 Å². The van der Waals surface area contributed by atoms with E-state index in [9.17, 15) is 9.59 Å². The summed E-state index contributed by atoms with van der Waals surface area (Å²) in [5.74, 6) is -0.0182. The minimum atomic E-state index is -1.01. The van der Waals surface area contributed by atoms with Crippen LogP contribution in [0.4, 0.5) is 0 Å². The summed E-state index contributed by atoms with van der Waals surface area (Å²) in [7, 11) is 1.78. The third-order valence-electron chi connectivity index (χ3n) is 4.76. The zero-order chi connectivity index (χ0) is 19.4. The Hall–Kier alpha value is -2.41. The van der Waals surface area contributed by atoms with Gasteiger partial charge in [0, 0.05) is 19.5 Å². The molecule has 1 saturated carbocycles. The number of carbonyl (C=O) groups excluding carboxylic acids is 1. The predicted molar refractivity (Wildman–Crippen MR) is 103 cm³/mol. The van der Waals surface area contributed by atoms with Gasteiger partial charge in [-0.15, -0.1) is 11.3 Å². The first-order valence-corrected chi connectivity index (χ1v) is 9.92. The highest BCUT2D eigenvalue weighted by Crippen LogP contribution is 2.37. The lowest BCUT2D eigenvalue weighted by molar-refractivity contribution is -0.139. The molecule has 3 rings (SSSR count). The molecule has 27 heavy (non-hydrogen) atoms. The number of aryl methyl sites for hydroxylation is 1. The molecule has 0 atom stereocenters. The van der Waals surface area contributed by atoms with Gasteiger partial charge < -0.3 is 14.7 Å². The maximum absolute atomic E-state index is 12.8. The highest BCUT2D eigenvalue weighted by molar-refractivity contribution is 7.13. The predicted octanol–water partition coefficient (Wildman–Crippen LogP) is 3.84. The lowest BCUT2D eigenvalue weighted by Crippen LogP contribution is -2.26. The van der Waals surface area contributed by atoms with Gasteiger partial charge in [-0.25, -0.2) is 9.78 Å². The van der Waals surface area contributed by atoms with Crippen molar-refractivity contribution >= 4 is 23.2 Å². The molecule has 0 aliphatic heterocycles. The molecule has 6 nitrogen and oxygen atoms in total. The third kappa shape index (κ3) is 4.86. The van der Waals surface area contributed by atoms with Crippen LogP contribution in [0.15, 0.2) is 24.3 Å². The average Bonchev–Trinajstić information content (AvgIpc) is 3.30. The first-order chi connectivity index (χ1) is 12.9. The van der Waals surface area contributed by atoms with Crippen molar-refractivity contribution in [1.82, 2.24) is 9.88 Å². The van der Waals surface area contributed by atoms with Gasteiger partial charge in [0.05, 0.1) is 10.7 Å². The normalized spacial score (nSPS) is 14.3. The number of hydrogen-bond acceptors (Lipinski definition) is 5. The second-order valence-corrected chi connectivity index (χ2v) is 7.97. The van der Waals surface area contributed by atoms with E-state index in [0.29, 0.717) is 18.2 Å². The van der Waals surface area contributed by atoms with Crippen molar-refractivity contribution < 1.29 is 19.4 Å². The smallest absolute Gasteiger partial charge is 0.341 e. The van der Waals surface area contributed by atoms with Crippen LogP contribution in [0.3, 0.4) is 0 Å². The van der Waals surface area contributed by atoms with E-state index in [1.807, 2.05) is 19.1 Å². The third-order valence-corrected chi connectivity index (χ3v) is 6.07. The number of carboxylic acid groups (broad SMARTS) is 1. The van der Waals surface area contributed by atoms with Crippen molar-refractivity contribution in [3.8, 4) is 5.75 Å². The molecule has 0 bridgehead atoms. The number of carbonyl (C=O) groups is 2. The van der Waals surface area contributed by atoms with Crippen molar-refractivity contribution in [1.29, 1.82) is 0 Å². The maximum Gasteiger partial charge on any atom is 0.341 e. The zero-order valence-corrected chi connectivity index (χ0v) is 16.4. The first-order valence-electron chi connectivity index (χ1n) is 9.10. The summed E-state index contributed by atoms with van der Waals surface area (Å²) < 4.78 is 5.12. The van der Waals surface area contributed by atoms with Gasteiger partial charge in [0.15, 0.2) is 6.61 Å². The molecule has 1 N–H and O–H groups in total. The number of nitrogens with zero attached hydrogens (tertiary/aromatic N) is 2. The van der Waals surface area contributed by atoms with E-state index >= 15 is 0 Å². The molecular weight excluding hydrogens is 364 g/mol. The fourth-order valence-electron chi connectivity index (χ4n) is 3.32. The fourth-order valence-corrected chi connectivity index (χ4v) is 4.55. The molecule has 7 heteroatoms. The van der Waals surface area contributed by atoms with Gasteiger partial charge in [0.1, 0.15) is 10.6 Å². The monoisotopic (exact) mass is 388 g/mol. The topological polar surface area (TPSA) is 79.7 Å². The summed E-state index contributed by atoms with van der Waals surface area (Å²) in [5, 5.41) is 9.74. The average molecular weight is 388 g/mol. The Morgan fingerprint density at radius 3 is 2.56 bits per heavy atom. The molecule has 1 aromatic carbocycles. The molecule has 0 radical (unpaired) electrons. The number of carboxylic acids is 1. The van der Waals surface area contributed by atoms with Crippen LogP contribution in [0.5, 0.6) is 5.75 Å². The molecular formula is C20H24N2O4S. The largest absolute Gasteiger partial charge is 0.482 e. The van der Waals surface area contributed by atoms with Gasteiger partial charge >= 0.3 is 5.97 Å². The number of thiazole rings is 1. The van der Waals surface area contributed by atoms with Crippen LogP contribution in [-0.2, 0) is 11.3 Å². The number of ether oxygens (including phenoxy) is 1. The molecule has 1 aromatic heterocycles. The maximum atomic E-state index is 12.8. The molecule has 1 heterocycles. The van der Waals surface area contributed by atoms with Gasteiger partial charge in [-0.3, -0.25) is 4.79 Å². The second kappa shape index (κ2) is 8.52. The van der Waals surface area contributed by atoms with E-state index in [-0.39, 0.29) is 12.5 Å². The zero-order valence-electron chi connectivity index (χ0n) is 15.6. The number of rotatable bonds is 7. The van der Waals surface area contributed by atoms with Crippen molar-refractivity contribution in [3.63, 3.8) is 0 Å². The summed E-state index contributed by atoms with van der Waals surface area (Å²) in [4.78, 5) is 30.4. The highest BCUT2D eigenvalue weighted by atomic mass is 32.1. The van der Waals surface area contributed by atoms with Crippen molar-refractivity contribution in [2.75, 3.05) is 13.7 Å². The Morgan fingerprint density at radius 1 is 1.26 bits per heavy atom. The SMILES string of the molecule is Cc1nc(C2CCCC2)sc1C(=O)N(C)Cc1ccc(OCC(=O)O)cc1. The van der Waals surface area contributed by atoms with E-state index in [1.165, 1.54) is 37.0 Å². The van der Waals surface area contributed by atoms with E-state index in [2.05, 4.69) is 4.98 Å². The van der Waals surface area contributed by atoms with Gasteiger partial charge in [-0.1, -0.05) is 25.0 Å². The highest BCUT2D eigenvalue weighted by Gasteiger charge is 2.25. The summed E-state index contributed by atoms with van der Waals surface area (Å²) in [6, 6.07) is 7.11. The van der Waals surface area contributed by atoms with Crippen molar-refractivity contribution in [2.45, 2.75) is 45.1 Å². The molecule has 144 valence electrons. The van der Waals surface area contributed by atoms with Gasteiger partial charge in [-0.05, 0) is 37.5 Å². The molecule has 0 spiro atoms. The quantitative estimate of drug-likeness (QED) is 0.779. The minimum absolute atomic E-state index is 0.0135. The Bertz CT molecular complexity index is 810. The van der Waals surface area contributed by atoms with Gasteiger partial charge in [0.25, 0.3) is 5.91 Å². The molecule has 1 aliphatic carbocycles. The summed E-state index contributed by atoms with van der Waals surface area (Å²) >= 11 is 1.54. The number of aromatic nitrogens is 1. The van der Waals surface area contributed by atoms with Gasteiger partial charge in [-0.2, -0.15) is 0 Å². The van der Waals surface area contributed by atoms with Crippen LogP contribution in [-0.4, -0.2) is 40.5 Å². The van der Waals surface area contributed by atoms with Crippen molar-refractivity contribution in [3.05, 3.63) is 45.4 Å². The molecule has 0 unspecified atom stereocenters. The molecule has 1 aliphatic rings. The Kier molecular flexibility index (Phi) is 6.11. The van der Waals surface area contributed by atoms with Crippen LogP contribution in [0.1, 0.15) is 57.5 Å². The van der Waals surface area contributed by atoms with Gasteiger partial charge in [0.2, 0.25) is 0 Å². The molecule has 1 fully saturated rings. The number of hydrogen-bond donors (Lipinski definition) is 1. The summed E-state index contributed by atoms with van der Waals surface area (Å²) in [6.07, 6.45) is 4.84. The van der Waals surface area contributed by atoms with E-state index in [4.69, 9.17) is 9.84 Å². The first kappa shape index (κ1) is 19.4. The summed E-state index contributed by atoms with van der Waals surface area (Å²) in [6.45, 7) is 2.00. The lowest BCUT2D eigenvalue weighted by Gasteiger charge is -2.17. The Balaban J connectivity index is 1.63. The van der Waals surface area contributed by atoms with Crippen LogP contribution in [0.2, 0.25) is 0 Å². The van der Waals surface area contributed by atoms with E-state index in [1.54, 1.807) is 24.1 Å². The number of benzene rings is 1. The minimum Gasteiger partial charge on any atom is -0.482 e. The number of amides is 1.